The third-order valence-corrected chi connectivity index (χ3v) is 3.62. The predicted molar refractivity (Wildman–Crippen MR) is 77.4 cm³/mol. The first-order chi connectivity index (χ1) is 9.65. The number of hydrogen-bond acceptors (Lipinski definition) is 3. The Balaban J connectivity index is 1.96. The van der Waals surface area contributed by atoms with E-state index in [1.165, 1.54) is 0 Å². The molecule has 0 saturated heterocycles. The van der Waals surface area contributed by atoms with Gasteiger partial charge in [-0.25, -0.2) is 0 Å². The number of rotatable bonds is 6. The maximum atomic E-state index is 12.0. The molecular formula is C16H21NO3. The monoisotopic (exact) mass is 275 g/mol. The molecule has 1 amide bonds. The third kappa shape index (κ3) is 3.39. The van der Waals surface area contributed by atoms with Crippen molar-refractivity contribution in [3.05, 3.63) is 42.5 Å². The van der Waals surface area contributed by atoms with Crippen molar-refractivity contribution in [1.29, 1.82) is 0 Å². The van der Waals surface area contributed by atoms with Crippen LogP contribution in [0.15, 0.2) is 36.9 Å². The molecule has 2 rings (SSSR count). The van der Waals surface area contributed by atoms with Crippen molar-refractivity contribution in [2.24, 2.45) is 0 Å². The van der Waals surface area contributed by atoms with E-state index in [0.29, 0.717) is 26.0 Å². The molecule has 0 atom stereocenters. The maximum Gasteiger partial charge on any atom is 0.252 e. The van der Waals surface area contributed by atoms with Crippen LogP contribution in [0.4, 0.5) is 0 Å². The Morgan fingerprint density at radius 1 is 1.40 bits per heavy atom. The topological polar surface area (TPSA) is 58.6 Å². The number of ether oxygens (including phenoxy) is 1. The summed E-state index contributed by atoms with van der Waals surface area (Å²) in [7, 11) is 0. The van der Waals surface area contributed by atoms with Crippen LogP contribution in [0.2, 0.25) is 0 Å². The van der Waals surface area contributed by atoms with Gasteiger partial charge >= 0.3 is 0 Å². The minimum Gasteiger partial charge on any atom is -0.489 e. The smallest absolute Gasteiger partial charge is 0.252 e. The van der Waals surface area contributed by atoms with Gasteiger partial charge in [-0.2, -0.15) is 0 Å². The number of hydrogen-bond donors (Lipinski definition) is 2. The highest BCUT2D eigenvalue weighted by Gasteiger charge is 2.38. The zero-order chi connectivity index (χ0) is 14.4. The first-order valence-corrected chi connectivity index (χ1v) is 6.98. The number of nitrogens with one attached hydrogen (secondary N) is 1. The normalized spacial score (nSPS) is 16.6. The van der Waals surface area contributed by atoms with Crippen molar-refractivity contribution in [2.45, 2.75) is 37.8 Å². The molecule has 4 nitrogen and oxygen atoms in total. The van der Waals surface area contributed by atoms with Gasteiger partial charge in [0, 0.05) is 12.1 Å². The van der Waals surface area contributed by atoms with E-state index in [0.717, 1.165) is 24.2 Å². The summed E-state index contributed by atoms with van der Waals surface area (Å²) in [6.07, 6.45) is 4.59. The van der Waals surface area contributed by atoms with Crippen LogP contribution >= 0.6 is 0 Å². The van der Waals surface area contributed by atoms with E-state index < -0.39 is 5.60 Å². The molecule has 1 aromatic carbocycles. The lowest BCUT2D eigenvalue weighted by atomic mass is 10.0. The largest absolute Gasteiger partial charge is 0.489 e. The molecule has 4 heteroatoms. The van der Waals surface area contributed by atoms with Crippen LogP contribution in [-0.4, -0.2) is 23.2 Å². The SMILES string of the molecule is C=CCOc1ccccc1CNC(=O)C1(O)CCCC1. The number of carbonyl (C=O) groups is 1. The summed E-state index contributed by atoms with van der Waals surface area (Å²) in [6.45, 7) is 4.39. The Kier molecular flexibility index (Phi) is 4.79. The van der Waals surface area contributed by atoms with Gasteiger partial charge in [-0.3, -0.25) is 4.79 Å². The lowest BCUT2D eigenvalue weighted by molar-refractivity contribution is -0.139. The number of amides is 1. The quantitative estimate of drug-likeness (QED) is 0.782. The second-order valence-electron chi connectivity index (χ2n) is 5.13. The van der Waals surface area contributed by atoms with Gasteiger partial charge in [0.2, 0.25) is 0 Å². The molecule has 1 saturated carbocycles. The van der Waals surface area contributed by atoms with Crippen LogP contribution in [0, 0.1) is 0 Å². The molecule has 108 valence electrons. The van der Waals surface area contributed by atoms with Crippen LogP contribution in [-0.2, 0) is 11.3 Å². The standard InChI is InChI=1S/C16H21NO3/c1-2-11-20-14-8-4-3-7-13(14)12-17-15(18)16(19)9-5-6-10-16/h2-4,7-8,19H,1,5-6,9-12H2,(H,17,18). The Labute approximate surface area is 119 Å². The van der Waals surface area contributed by atoms with Crippen LogP contribution in [0.25, 0.3) is 0 Å². The summed E-state index contributed by atoms with van der Waals surface area (Å²) in [5.41, 5.74) is -0.291. The van der Waals surface area contributed by atoms with E-state index in [1.807, 2.05) is 24.3 Å². The molecule has 0 aromatic heterocycles. The maximum absolute atomic E-state index is 12.0. The number of benzene rings is 1. The van der Waals surface area contributed by atoms with Crippen LogP contribution < -0.4 is 10.1 Å². The molecular weight excluding hydrogens is 254 g/mol. The molecule has 0 unspecified atom stereocenters. The fourth-order valence-corrected chi connectivity index (χ4v) is 2.47. The van der Waals surface area contributed by atoms with Gasteiger partial charge < -0.3 is 15.2 Å². The van der Waals surface area contributed by atoms with Crippen molar-refractivity contribution >= 4 is 5.91 Å². The van der Waals surface area contributed by atoms with Crippen LogP contribution in [0.5, 0.6) is 5.75 Å². The molecule has 0 bridgehead atoms. The van der Waals surface area contributed by atoms with Crippen molar-refractivity contribution in [2.75, 3.05) is 6.61 Å². The summed E-state index contributed by atoms with van der Waals surface area (Å²) in [6, 6.07) is 7.54. The average Bonchev–Trinajstić information content (AvgIpc) is 2.91. The van der Waals surface area contributed by atoms with Crippen LogP contribution in [0.3, 0.4) is 0 Å². The summed E-state index contributed by atoms with van der Waals surface area (Å²) >= 11 is 0. The van der Waals surface area contributed by atoms with Gasteiger partial charge in [0.1, 0.15) is 18.0 Å². The third-order valence-electron chi connectivity index (χ3n) is 3.62. The molecule has 1 fully saturated rings. The molecule has 0 heterocycles. The highest BCUT2D eigenvalue weighted by molar-refractivity contribution is 5.85. The van der Waals surface area contributed by atoms with Crippen molar-refractivity contribution in [3.8, 4) is 5.75 Å². The zero-order valence-corrected chi connectivity index (χ0v) is 11.6. The second kappa shape index (κ2) is 6.57. The van der Waals surface area contributed by atoms with Crippen molar-refractivity contribution in [3.63, 3.8) is 0 Å². The van der Waals surface area contributed by atoms with E-state index in [4.69, 9.17) is 4.74 Å². The van der Waals surface area contributed by atoms with E-state index in [9.17, 15) is 9.90 Å². The Morgan fingerprint density at radius 2 is 2.10 bits per heavy atom. The molecule has 0 aliphatic heterocycles. The van der Waals surface area contributed by atoms with E-state index in [1.54, 1.807) is 6.08 Å². The first kappa shape index (κ1) is 14.6. The van der Waals surface area contributed by atoms with Crippen molar-refractivity contribution < 1.29 is 14.6 Å². The van der Waals surface area contributed by atoms with E-state index in [2.05, 4.69) is 11.9 Å². The van der Waals surface area contributed by atoms with Gasteiger partial charge in [-0.05, 0) is 31.7 Å². The summed E-state index contributed by atoms with van der Waals surface area (Å²) in [5.74, 6) is 0.444. The molecule has 1 aliphatic carbocycles. The summed E-state index contributed by atoms with van der Waals surface area (Å²) in [5, 5.41) is 13.0. The number of para-hydroxylation sites is 1. The Hall–Kier alpha value is -1.81. The van der Waals surface area contributed by atoms with E-state index in [-0.39, 0.29) is 5.91 Å². The van der Waals surface area contributed by atoms with Crippen molar-refractivity contribution in [1.82, 2.24) is 5.32 Å². The van der Waals surface area contributed by atoms with Gasteiger partial charge in [0.05, 0.1) is 0 Å². The highest BCUT2D eigenvalue weighted by Crippen LogP contribution is 2.29. The molecule has 2 N–H and O–H groups in total. The zero-order valence-electron chi connectivity index (χ0n) is 11.6. The highest BCUT2D eigenvalue weighted by atomic mass is 16.5. The number of aliphatic hydroxyl groups is 1. The average molecular weight is 275 g/mol. The summed E-state index contributed by atoms with van der Waals surface area (Å²) < 4.78 is 5.54. The predicted octanol–water partition coefficient (Wildman–Crippen LogP) is 2.17. The fraction of sp³-hybridized carbons (Fsp3) is 0.438. The lowest BCUT2D eigenvalue weighted by Gasteiger charge is -2.21. The molecule has 0 spiro atoms. The van der Waals surface area contributed by atoms with Crippen LogP contribution in [0.1, 0.15) is 31.2 Å². The van der Waals surface area contributed by atoms with Gasteiger partial charge in [0.15, 0.2) is 0 Å². The molecule has 0 radical (unpaired) electrons. The van der Waals surface area contributed by atoms with E-state index >= 15 is 0 Å². The second-order valence-corrected chi connectivity index (χ2v) is 5.13. The minimum absolute atomic E-state index is 0.284. The van der Waals surface area contributed by atoms with Gasteiger partial charge in [-0.1, -0.05) is 30.9 Å². The Morgan fingerprint density at radius 3 is 2.80 bits per heavy atom. The summed E-state index contributed by atoms with van der Waals surface area (Å²) in [4.78, 5) is 12.0. The minimum atomic E-state index is -1.18. The fourth-order valence-electron chi connectivity index (χ4n) is 2.47. The molecule has 1 aromatic rings. The first-order valence-electron chi connectivity index (χ1n) is 6.98. The lowest BCUT2D eigenvalue weighted by Crippen LogP contribution is -2.44. The Bertz CT molecular complexity index is 478. The molecule has 1 aliphatic rings. The van der Waals surface area contributed by atoms with Gasteiger partial charge in [-0.15, -0.1) is 0 Å². The number of carbonyl (C=O) groups excluding carboxylic acids is 1. The molecule has 20 heavy (non-hydrogen) atoms. The van der Waals surface area contributed by atoms with Gasteiger partial charge in [0.25, 0.3) is 5.91 Å².